The zero-order valence-corrected chi connectivity index (χ0v) is 11.1. The van der Waals surface area contributed by atoms with Gasteiger partial charge in [0.15, 0.2) is 0 Å². The number of thiophene rings is 1. The number of nitrogens with two attached hydrogens (primary N) is 1. The lowest BCUT2D eigenvalue weighted by Crippen LogP contribution is -2.36. The van der Waals surface area contributed by atoms with Crippen molar-refractivity contribution in [3.63, 3.8) is 0 Å². The van der Waals surface area contributed by atoms with E-state index in [9.17, 15) is 5.11 Å². The van der Waals surface area contributed by atoms with Gasteiger partial charge in [-0.1, -0.05) is 18.2 Å². The molecule has 92 valence electrons. The Hall–Kier alpha value is -0.900. The summed E-state index contributed by atoms with van der Waals surface area (Å²) in [4.78, 5) is 0. The molecule has 0 radical (unpaired) electrons. The molecule has 1 aromatic carbocycles. The number of hydrogen-bond acceptors (Lipinski definition) is 3. The Labute approximate surface area is 106 Å². The van der Waals surface area contributed by atoms with Gasteiger partial charge in [0.2, 0.25) is 0 Å². The van der Waals surface area contributed by atoms with E-state index in [1.807, 2.05) is 26.0 Å². The van der Waals surface area contributed by atoms with Crippen LogP contribution in [0.2, 0.25) is 0 Å². The molecule has 0 aliphatic rings. The third-order valence-corrected chi connectivity index (χ3v) is 3.79. The summed E-state index contributed by atoms with van der Waals surface area (Å²) in [6.45, 7) is 3.89. The largest absolute Gasteiger partial charge is 0.393 e. The first-order valence-corrected chi connectivity index (χ1v) is 6.76. The van der Waals surface area contributed by atoms with E-state index in [1.165, 1.54) is 15.6 Å². The van der Waals surface area contributed by atoms with Crippen LogP contribution in [0.5, 0.6) is 0 Å². The zero-order valence-electron chi connectivity index (χ0n) is 10.3. The highest BCUT2D eigenvalue weighted by Gasteiger charge is 2.18. The predicted octanol–water partition coefficient (Wildman–Crippen LogP) is 2.93. The highest BCUT2D eigenvalue weighted by molar-refractivity contribution is 7.17. The van der Waals surface area contributed by atoms with Crippen LogP contribution in [0.25, 0.3) is 10.1 Å². The first-order valence-electron chi connectivity index (χ1n) is 5.88. The van der Waals surface area contributed by atoms with Crippen LogP contribution in [0.1, 0.15) is 25.8 Å². The van der Waals surface area contributed by atoms with Crippen LogP contribution in [0.15, 0.2) is 29.6 Å². The molecule has 2 aromatic rings. The highest BCUT2D eigenvalue weighted by atomic mass is 32.1. The van der Waals surface area contributed by atoms with Gasteiger partial charge in [0.25, 0.3) is 0 Å². The first-order chi connectivity index (χ1) is 7.96. The second-order valence-corrected chi connectivity index (χ2v) is 6.22. The van der Waals surface area contributed by atoms with Gasteiger partial charge in [-0.3, -0.25) is 0 Å². The maximum absolute atomic E-state index is 10.0. The quantitative estimate of drug-likeness (QED) is 0.875. The molecule has 0 aliphatic heterocycles. The van der Waals surface area contributed by atoms with E-state index in [4.69, 9.17) is 5.73 Å². The Kier molecular flexibility index (Phi) is 3.52. The van der Waals surface area contributed by atoms with Gasteiger partial charge in [0.1, 0.15) is 0 Å². The van der Waals surface area contributed by atoms with Crippen molar-refractivity contribution in [2.45, 2.75) is 38.3 Å². The van der Waals surface area contributed by atoms with E-state index in [2.05, 4.69) is 17.5 Å². The molecule has 1 unspecified atom stereocenters. The lowest BCUT2D eigenvalue weighted by atomic mass is 9.94. The van der Waals surface area contributed by atoms with Gasteiger partial charge in [-0.25, -0.2) is 0 Å². The fourth-order valence-electron chi connectivity index (χ4n) is 2.12. The minimum Gasteiger partial charge on any atom is -0.393 e. The van der Waals surface area contributed by atoms with Crippen LogP contribution >= 0.6 is 11.3 Å². The average Bonchev–Trinajstić information content (AvgIpc) is 2.59. The molecule has 0 fully saturated rings. The second-order valence-electron chi connectivity index (χ2n) is 5.31. The predicted molar refractivity (Wildman–Crippen MR) is 74.4 cm³/mol. The monoisotopic (exact) mass is 249 g/mol. The molecule has 0 aliphatic carbocycles. The van der Waals surface area contributed by atoms with Gasteiger partial charge in [-0.2, -0.15) is 0 Å². The SMILES string of the molecule is CC(C)(N)CC(O)Cc1csc2ccccc12. The number of fused-ring (bicyclic) bond motifs is 1. The van der Waals surface area contributed by atoms with Crippen molar-refractivity contribution in [1.29, 1.82) is 0 Å². The van der Waals surface area contributed by atoms with Crippen LogP contribution < -0.4 is 5.73 Å². The highest BCUT2D eigenvalue weighted by Crippen LogP contribution is 2.27. The number of aliphatic hydroxyl groups is 1. The molecule has 0 saturated heterocycles. The van der Waals surface area contributed by atoms with Crippen LogP contribution in [0.3, 0.4) is 0 Å². The summed E-state index contributed by atoms with van der Waals surface area (Å²) in [6.07, 6.45) is 0.940. The Morgan fingerprint density at radius 1 is 1.35 bits per heavy atom. The Morgan fingerprint density at radius 2 is 2.06 bits per heavy atom. The van der Waals surface area contributed by atoms with Crippen LogP contribution in [0, 0.1) is 0 Å². The summed E-state index contributed by atoms with van der Waals surface area (Å²) >= 11 is 1.73. The Bertz CT molecular complexity index is 498. The summed E-state index contributed by atoms with van der Waals surface area (Å²) < 4.78 is 1.28. The molecule has 1 aromatic heterocycles. The number of benzene rings is 1. The van der Waals surface area contributed by atoms with Gasteiger partial charge in [-0.15, -0.1) is 11.3 Å². The lowest BCUT2D eigenvalue weighted by molar-refractivity contribution is 0.141. The van der Waals surface area contributed by atoms with E-state index in [-0.39, 0.29) is 11.6 Å². The van der Waals surface area contributed by atoms with Crippen molar-refractivity contribution in [1.82, 2.24) is 0 Å². The molecular weight excluding hydrogens is 230 g/mol. The van der Waals surface area contributed by atoms with Gasteiger partial charge in [0.05, 0.1) is 6.10 Å². The maximum Gasteiger partial charge on any atom is 0.0598 e. The second kappa shape index (κ2) is 4.77. The third-order valence-electron chi connectivity index (χ3n) is 2.78. The molecule has 0 bridgehead atoms. The van der Waals surface area contributed by atoms with Gasteiger partial charge < -0.3 is 10.8 Å². The summed E-state index contributed by atoms with van der Waals surface area (Å²) in [5, 5.41) is 13.4. The van der Waals surface area contributed by atoms with Gasteiger partial charge in [-0.05, 0) is 49.1 Å². The van der Waals surface area contributed by atoms with E-state index >= 15 is 0 Å². The molecule has 1 atom stereocenters. The molecule has 3 N–H and O–H groups in total. The van der Waals surface area contributed by atoms with Crippen molar-refractivity contribution < 1.29 is 5.11 Å². The van der Waals surface area contributed by atoms with E-state index in [0.717, 1.165) is 0 Å². The summed E-state index contributed by atoms with van der Waals surface area (Å²) in [5.41, 5.74) is 6.83. The van der Waals surface area contributed by atoms with Crippen LogP contribution in [-0.4, -0.2) is 16.7 Å². The molecule has 0 saturated carbocycles. The normalized spacial score (nSPS) is 14.1. The molecule has 17 heavy (non-hydrogen) atoms. The van der Waals surface area contributed by atoms with Crippen molar-refractivity contribution in [3.05, 3.63) is 35.2 Å². The van der Waals surface area contributed by atoms with Crippen LogP contribution in [0.4, 0.5) is 0 Å². The molecule has 0 spiro atoms. The number of aliphatic hydroxyl groups excluding tert-OH is 1. The third kappa shape index (κ3) is 3.28. The van der Waals surface area contributed by atoms with Crippen molar-refractivity contribution >= 4 is 21.4 Å². The minimum atomic E-state index is -0.368. The van der Waals surface area contributed by atoms with Gasteiger partial charge >= 0.3 is 0 Å². The van der Waals surface area contributed by atoms with Crippen molar-refractivity contribution in [2.75, 3.05) is 0 Å². The number of rotatable bonds is 4. The molecule has 2 nitrogen and oxygen atoms in total. The van der Waals surface area contributed by atoms with E-state index in [0.29, 0.717) is 12.8 Å². The fraction of sp³-hybridized carbons (Fsp3) is 0.429. The topological polar surface area (TPSA) is 46.2 Å². The van der Waals surface area contributed by atoms with E-state index < -0.39 is 0 Å². The standard InChI is InChI=1S/C14H19NOS/c1-14(2,15)8-11(16)7-10-9-17-13-6-4-3-5-12(10)13/h3-6,9,11,16H,7-8,15H2,1-2H3. The maximum atomic E-state index is 10.0. The Balaban J connectivity index is 2.13. The fourth-order valence-corrected chi connectivity index (χ4v) is 3.10. The minimum absolute atomic E-state index is 0.314. The zero-order chi connectivity index (χ0) is 12.5. The molecule has 2 rings (SSSR count). The van der Waals surface area contributed by atoms with Crippen LogP contribution in [-0.2, 0) is 6.42 Å². The average molecular weight is 249 g/mol. The smallest absolute Gasteiger partial charge is 0.0598 e. The molecule has 0 amide bonds. The summed E-state index contributed by atoms with van der Waals surface area (Å²) in [7, 11) is 0. The molecule has 1 heterocycles. The van der Waals surface area contributed by atoms with Crippen molar-refractivity contribution in [2.24, 2.45) is 5.73 Å². The number of hydrogen-bond donors (Lipinski definition) is 2. The summed E-state index contributed by atoms with van der Waals surface area (Å²) in [5.74, 6) is 0. The molecule has 3 heteroatoms. The van der Waals surface area contributed by atoms with Gasteiger partial charge in [0, 0.05) is 10.2 Å². The van der Waals surface area contributed by atoms with E-state index in [1.54, 1.807) is 11.3 Å². The summed E-state index contributed by atoms with van der Waals surface area (Å²) in [6, 6.07) is 8.31. The first kappa shape index (κ1) is 12.6. The lowest BCUT2D eigenvalue weighted by Gasteiger charge is -2.22. The Morgan fingerprint density at radius 3 is 2.76 bits per heavy atom. The van der Waals surface area contributed by atoms with Crippen molar-refractivity contribution in [3.8, 4) is 0 Å². The molecular formula is C14H19NOS.